The summed E-state index contributed by atoms with van der Waals surface area (Å²) in [5.74, 6) is 4.37. The first-order chi connectivity index (χ1) is 20.5. The lowest BCUT2D eigenvalue weighted by molar-refractivity contribution is -0.111. The monoisotopic (exact) mass is 556 g/mol. The van der Waals surface area contributed by atoms with Gasteiger partial charge in [0.2, 0.25) is 0 Å². The van der Waals surface area contributed by atoms with Gasteiger partial charge in [0.25, 0.3) is 0 Å². The van der Waals surface area contributed by atoms with Gasteiger partial charge in [-0.15, -0.1) is 0 Å². The molecule has 1 aliphatic heterocycles. The van der Waals surface area contributed by atoms with Crippen molar-refractivity contribution in [1.82, 2.24) is 9.88 Å². The van der Waals surface area contributed by atoms with Crippen LogP contribution in [0.25, 0.3) is 10.9 Å². The molecule has 42 heavy (non-hydrogen) atoms. The first kappa shape index (κ1) is 27.0. The molecule has 5 aromatic rings. The Balaban J connectivity index is 1.30. The molecule has 0 bridgehead atoms. The van der Waals surface area contributed by atoms with Gasteiger partial charge in [0.05, 0.1) is 22.5 Å². The number of aromatic nitrogens is 1. The van der Waals surface area contributed by atoms with E-state index in [2.05, 4.69) is 39.2 Å². The Morgan fingerprint density at radius 2 is 1.74 bits per heavy atom. The molecule has 1 amide bonds. The van der Waals surface area contributed by atoms with E-state index in [0.717, 1.165) is 36.3 Å². The Bertz CT molecular complexity index is 1830. The van der Waals surface area contributed by atoms with Crippen LogP contribution in [0.2, 0.25) is 0 Å². The number of aromatic hydroxyl groups is 1. The number of carbonyl (C=O) groups excluding carboxylic acids is 1. The number of anilines is 1. The molecule has 6 nitrogen and oxygen atoms in total. The third-order valence-corrected chi connectivity index (χ3v) is 7.25. The zero-order valence-corrected chi connectivity index (χ0v) is 22.9. The second-order valence-corrected chi connectivity index (χ2v) is 10.3. The molecule has 2 heterocycles. The van der Waals surface area contributed by atoms with Crippen LogP contribution in [0.4, 0.5) is 15.8 Å². The number of H-pyrrole nitrogens is 1. The van der Waals surface area contributed by atoms with E-state index in [0.29, 0.717) is 28.0 Å². The molecule has 1 fully saturated rings. The molecule has 0 spiro atoms. The molecule has 4 aromatic carbocycles. The number of carbonyl (C=O) groups is 1. The number of hydrogen-bond donors (Lipinski definition) is 3. The van der Waals surface area contributed by atoms with Crippen LogP contribution < -0.4 is 5.32 Å². The fourth-order valence-corrected chi connectivity index (χ4v) is 5.22. The van der Waals surface area contributed by atoms with Crippen molar-refractivity contribution in [3.8, 4) is 17.7 Å². The third-order valence-electron chi connectivity index (χ3n) is 7.25. The van der Waals surface area contributed by atoms with Crippen LogP contribution in [0.1, 0.15) is 35.1 Å². The van der Waals surface area contributed by atoms with Crippen LogP contribution >= 0.6 is 0 Å². The summed E-state index contributed by atoms with van der Waals surface area (Å²) in [5, 5.41) is 14.4. The predicted molar refractivity (Wildman–Crippen MR) is 165 cm³/mol. The number of aromatic amines is 1. The summed E-state index contributed by atoms with van der Waals surface area (Å²) < 4.78 is 13.4. The Labute approximate surface area is 243 Å². The van der Waals surface area contributed by atoms with Crippen LogP contribution in [0.15, 0.2) is 102 Å². The number of nitrogens with zero attached hydrogens (tertiary/aromatic N) is 2. The molecule has 7 heteroatoms. The fraction of sp³-hybridized carbons (Fsp3) is 0.143. The summed E-state index contributed by atoms with van der Waals surface area (Å²) in [5.41, 5.74) is 5.71. The summed E-state index contributed by atoms with van der Waals surface area (Å²) >= 11 is 0. The van der Waals surface area contributed by atoms with Crippen LogP contribution in [-0.2, 0) is 11.3 Å². The Morgan fingerprint density at radius 1 is 0.952 bits per heavy atom. The van der Waals surface area contributed by atoms with Crippen molar-refractivity contribution in [2.24, 2.45) is 4.99 Å². The normalized spacial score (nSPS) is 13.6. The van der Waals surface area contributed by atoms with Crippen molar-refractivity contribution in [3.63, 3.8) is 0 Å². The first-order valence-electron chi connectivity index (χ1n) is 13.9. The minimum Gasteiger partial charge on any atom is -0.494 e. The lowest BCUT2D eigenvalue weighted by Crippen LogP contribution is -2.18. The minimum atomic E-state index is -0.555. The molecule has 0 saturated carbocycles. The van der Waals surface area contributed by atoms with Crippen molar-refractivity contribution in [1.29, 1.82) is 0 Å². The number of benzene rings is 4. The number of nitrogens with one attached hydrogen (secondary N) is 2. The summed E-state index contributed by atoms with van der Waals surface area (Å²) in [4.78, 5) is 22.8. The minimum absolute atomic E-state index is 0.00721. The SMILES string of the molecule is O=C(C#Cc1ccc2c(C(=Nc3ccc(CN4CCCC4)cc3)c3ccccc3)c(O)[nH]c2c1)Nc1cccc(F)c1. The highest BCUT2D eigenvalue weighted by molar-refractivity contribution is 6.22. The second-order valence-electron chi connectivity index (χ2n) is 10.3. The fourth-order valence-electron chi connectivity index (χ4n) is 5.22. The van der Waals surface area contributed by atoms with E-state index < -0.39 is 11.7 Å². The molecular formula is C35H29FN4O2. The summed E-state index contributed by atoms with van der Waals surface area (Å²) in [6.45, 7) is 3.23. The van der Waals surface area contributed by atoms with Gasteiger partial charge in [0.15, 0.2) is 5.88 Å². The first-order valence-corrected chi connectivity index (χ1v) is 13.9. The predicted octanol–water partition coefficient (Wildman–Crippen LogP) is 6.77. The second kappa shape index (κ2) is 12.1. The van der Waals surface area contributed by atoms with Crippen LogP contribution in [0, 0.1) is 17.7 Å². The van der Waals surface area contributed by atoms with Crippen LogP contribution in [-0.4, -0.2) is 39.7 Å². The van der Waals surface area contributed by atoms with Gasteiger partial charge < -0.3 is 15.4 Å². The number of likely N-dealkylation sites (tertiary alicyclic amines) is 1. The molecule has 0 radical (unpaired) electrons. The number of fused-ring (bicyclic) bond motifs is 1. The van der Waals surface area contributed by atoms with E-state index in [9.17, 15) is 14.3 Å². The highest BCUT2D eigenvalue weighted by Crippen LogP contribution is 2.32. The van der Waals surface area contributed by atoms with E-state index in [-0.39, 0.29) is 5.88 Å². The van der Waals surface area contributed by atoms with E-state index >= 15 is 0 Å². The van der Waals surface area contributed by atoms with Gasteiger partial charge in [-0.1, -0.05) is 60.5 Å². The van der Waals surface area contributed by atoms with Crippen molar-refractivity contribution in [2.45, 2.75) is 19.4 Å². The topological polar surface area (TPSA) is 80.7 Å². The van der Waals surface area contributed by atoms with Crippen LogP contribution in [0.5, 0.6) is 5.88 Å². The zero-order chi connectivity index (χ0) is 28.9. The molecule has 6 rings (SSSR count). The van der Waals surface area contributed by atoms with E-state index in [1.54, 1.807) is 18.2 Å². The standard InChI is InChI=1S/C35H29FN4O2/c36-27-9-6-10-29(22-27)37-32(41)18-14-24-13-17-30-31(21-24)39-35(42)33(30)34(26-7-2-1-3-8-26)38-28-15-11-25(12-16-28)23-40-19-4-5-20-40/h1-3,6-13,15-17,21-22,39,42H,4-5,19-20,23H2,(H,37,41). The van der Waals surface area contributed by atoms with Gasteiger partial charge in [-0.3, -0.25) is 9.69 Å². The molecule has 3 N–H and O–H groups in total. The van der Waals surface area contributed by atoms with Crippen molar-refractivity contribution in [2.75, 3.05) is 18.4 Å². The average Bonchev–Trinajstić information content (AvgIpc) is 3.62. The maximum absolute atomic E-state index is 13.4. The van der Waals surface area contributed by atoms with Gasteiger partial charge in [-0.05, 0) is 74.0 Å². The number of aliphatic imine (C=N–C) groups is 1. The summed E-state index contributed by atoms with van der Waals surface area (Å²) in [6, 6.07) is 29.1. The molecule has 0 unspecified atom stereocenters. The maximum Gasteiger partial charge on any atom is 0.300 e. The van der Waals surface area contributed by atoms with Gasteiger partial charge in [0, 0.05) is 34.7 Å². The lowest BCUT2D eigenvalue weighted by Gasteiger charge is -2.14. The van der Waals surface area contributed by atoms with Crippen molar-refractivity contribution < 1.29 is 14.3 Å². The number of amides is 1. The molecular weight excluding hydrogens is 527 g/mol. The van der Waals surface area contributed by atoms with Gasteiger partial charge in [0.1, 0.15) is 5.82 Å². The number of hydrogen-bond acceptors (Lipinski definition) is 4. The van der Waals surface area contributed by atoms with E-state index in [1.165, 1.54) is 36.6 Å². The van der Waals surface area contributed by atoms with Crippen LogP contribution in [0.3, 0.4) is 0 Å². The van der Waals surface area contributed by atoms with E-state index in [1.807, 2.05) is 48.5 Å². The van der Waals surface area contributed by atoms with E-state index in [4.69, 9.17) is 4.99 Å². The Kier molecular flexibility index (Phi) is 7.80. The Morgan fingerprint density at radius 3 is 2.50 bits per heavy atom. The summed E-state index contributed by atoms with van der Waals surface area (Å²) in [6.07, 6.45) is 2.52. The highest BCUT2D eigenvalue weighted by Gasteiger charge is 2.19. The molecule has 1 aromatic heterocycles. The zero-order valence-electron chi connectivity index (χ0n) is 22.9. The van der Waals surface area contributed by atoms with Crippen molar-refractivity contribution >= 4 is 33.9 Å². The van der Waals surface area contributed by atoms with Gasteiger partial charge >= 0.3 is 5.91 Å². The highest BCUT2D eigenvalue weighted by atomic mass is 19.1. The quantitative estimate of drug-likeness (QED) is 0.160. The number of halogens is 1. The molecule has 1 aliphatic rings. The third kappa shape index (κ3) is 6.25. The largest absolute Gasteiger partial charge is 0.494 e. The Hall–Kier alpha value is -5.19. The molecule has 208 valence electrons. The van der Waals surface area contributed by atoms with Crippen molar-refractivity contribution in [3.05, 3.63) is 125 Å². The molecule has 1 saturated heterocycles. The van der Waals surface area contributed by atoms with Gasteiger partial charge in [-0.2, -0.15) is 0 Å². The smallest absolute Gasteiger partial charge is 0.300 e. The lowest BCUT2D eigenvalue weighted by atomic mass is 10.00. The van der Waals surface area contributed by atoms with Gasteiger partial charge in [-0.25, -0.2) is 9.38 Å². The number of rotatable bonds is 6. The summed E-state index contributed by atoms with van der Waals surface area (Å²) in [7, 11) is 0. The molecule has 0 atom stereocenters. The molecule has 0 aliphatic carbocycles. The maximum atomic E-state index is 13.4. The average molecular weight is 557 g/mol.